The summed E-state index contributed by atoms with van der Waals surface area (Å²) in [5, 5.41) is 0.107. The van der Waals surface area contributed by atoms with E-state index < -0.39 is 15.9 Å². The van der Waals surface area contributed by atoms with Crippen LogP contribution in [0.4, 0.5) is 0 Å². The summed E-state index contributed by atoms with van der Waals surface area (Å²) in [5.74, 6) is -0.00537. The molecule has 1 aliphatic rings. The Kier molecular flexibility index (Phi) is 4.91. The molecule has 0 aliphatic carbocycles. The minimum absolute atomic E-state index is 0.107. The van der Waals surface area contributed by atoms with Crippen molar-refractivity contribution in [3.05, 3.63) is 47.9 Å². The molecule has 0 atom stereocenters. The van der Waals surface area contributed by atoms with E-state index in [1.807, 2.05) is 12.1 Å². The molecular weight excluding hydrogens is 340 g/mol. The molecule has 0 saturated carbocycles. The molecule has 134 valence electrons. The standard InChI is InChI=1S/C17H22N4O3S/c1-20-11-16(19-12-20)25(23,24)21-8-6-14(7-9-21)10-13-2-4-15(5-3-13)17(18)22/h2-5,11-12,14H,6-10H2,1H3,(H2,18,22). The van der Waals surface area contributed by atoms with Crippen LogP contribution in [0, 0.1) is 5.92 Å². The molecule has 0 radical (unpaired) electrons. The second-order valence-corrected chi connectivity index (χ2v) is 8.37. The number of hydrogen-bond acceptors (Lipinski definition) is 4. The van der Waals surface area contributed by atoms with Gasteiger partial charge >= 0.3 is 0 Å². The van der Waals surface area contributed by atoms with E-state index in [-0.39, 0.29) is 5.03 Å². The SMILES string of the molecule is Cn1cnc(S(=O)(=O)N2CCC(Cc3ccc(C(N)=O)cc3)CC2)c1. The first-order valence-electron chi connectivity index (χ1n) is 8.23. The number of carbonyl (C=O) groups is 1. The summed E-state index contributed by atoms with van der Waals surface area (Å²) in [7, 11) is -1.75. The number of rotatable bonds is 5. The fourth-order valence-corrected chi connectivity index (χ4v) is 4.58. The van der Waals surface area contributed by atoms with E-state index in [2.05, 4.69) is 4.98 Å². The number of aromatic nitrogens is 2. The van der Waals surface area contributed by atoms with E-state index in [4.69, 9.17) is 5.73 Å². The predicted molar refractivity (Wildman–Crippen MR) is 93.4 cm³/mol. The molecule has 0 bridgehead atoms. The Morgan fingerprint density at radius 3 is 2.40 bits per heavy atom. The van der Waals surface area contributed by atoms with Gasteiger partial charge in [-0.25, -0.2) is 13.4 Å². The van der Waals surface area contributed by atoms with Crippen LogP contribution in [0.25, 0.3) is 0 Å². The van der Waals surface area contributed by atoms with Crippen molar-refractivity contribution in [3.8, 4) is 0 Å². The molecular formula is C17H22N4O3S. The average Bonchev–Trinajstić information content (AvgIpc) is 3.03. The van der Waals surface area contributed by atoms with Gasteiger partial charge in [-0.15, -0.1) is 0 Å². The first kappa shape index (κ1) is 17.6. The first-order valence-corrected chi connectivity index (χ1v) is 9.67. The summed E-state index contributed by atoms with van der Waals surface area (Å²) in [6.45, 7) is 1.01. The summed E-state index contributed by atoms with van der Waals surface area (Å²) >= 11 is 0. The molecule has 3 rings (SSSR count). The molecule has 1 amide bonds. The number of imidazole rings is 1. The topological polar surface area (TPSA) is 98.3 Å². The molecule has 25 heavy (non-hydrogen) atoms. The van der Waals surface area contributed by atoms with Crippen LogP contribution in [-0.4, -0.2) is 41.3 Å². The van der Waals surface area contributed by atoms with Crippen molar-refractivity contribution in [2.24, 2.45) is 18.7 Å². The maximum absolute atomic E-state index is 12.6. The van der Waals surface area contributed by atoms with Crippen LogP contribution in [0.1, 0.15) is 28.8 Å². The van der Waals surface area contributed by atoms with E-state index in [0.717, 1.165) is 24.8 Å². The molecule has 1 aliphatic heterocycles. The van der Waals surface area contributed by atoms with Gasteiger partial charge in [-0.05, 0) is 42.9 Å². The Hall–Kier alpha value is -2.19. The maximum Gasteiger partial charge on any atom is 0.262 e. The van der Waals surface area contributed by atoms with Crippen molar-refractivity contribution in [3.63, 3.8) is 0 Å². The van der Waals surface area contributed by atoms with E-state index in [1.165, 1.54) is 16.8 Å². The van der Waals surface area contributed by atoms with Gasteiger partial charge in [0.2, 0.25) is 5.91 Å². The van der Waals surface area contributed by atoms with Crippen molar-refractivity contribution in [1.29, 1.82) is 0 Å². The third-order valence-corrected chi connectivity index (χ3v) is 6.41. The number of hydrogen-bond donors (Lipinski definition) is 1. The Morgan fingerprint density at radius 1 is 1.24 bits per heavy atom. The lowest BCUT2D eigenvalue weighted by atomic mass is 9.91. The molecule has 2 aromatic rings. The number of carbonyl (C=O) groups excluding carboxylic acids is 1. The van der Waals surface area contributed by atoms with Gasteiger partial charge in [0.15, 0.2) is 5.03 Å². The lowest BCUT2D eigenvalue weighted by molar-refractivity contribution is 0.100. The average molecular weight is 362 g/mol. The molecule has 1 saturated heterocycles. The summed E-state index contributed by atoms with van der Waals surface area (Å²) in [6.07, 6.45) is 5.51. The molecule has 2 heterocycles. The minimum Gasteiger partial charge on any atom is -0.366 e. The molecule has 1 fully saturated rings. The minimum atomic E-state index is -3.50. The lowest BCUT2D eigenvalue weighted by Crippen LogP contribution is -2.39. The Labute approximate surface area is 147 Å². The summed E-state index contributed by atoms with van der Waals surface area (Å²) in [6, 6.07) is 7.30. The van der Waals surface area contributed by atoms with Gasteiger partial charge in [0.1, 0.15) is 0 Å². The van der Waals surface area contributed by atoms with Crippen molar-refractivity contribution in [2.45, 2.75) is 24.3 Å². The van der Waals surface area contributed by atoms with Gasteiger partial charge in [-0.1, -0.05) is 12.1 Å². The number of primary amides is 1. The van der Waals surface area contributed by atoms with Crippen LogP contribution in [0.2, 0.25) is 0 Å². The number of amides is 1. The second-order valence-electron chi connectivity index (χ2n) is 6.49. The van der Waals surface area contributed by atoms with Crippen molar-refractivity contribution in [1.82, 2.24) is 13.9 Å². The highest BCUT2D eigenvalue weighted by Crippen LogP contribution is 2.25. The number of aryl methyl sites for hydroxylation is 1. The van der Waals surface area contributed by atoms with Crippen LogP contribution in [-0.2, 0) is 23.5 Å². The fraction of sp³-hybridized carbons (Fsp3) is 0.412. The molecule has 0 spiro atoms. The quantitative estimate of drug-likeness (QED) is 0.863. The van der Waals surface area contributed by atoms with Crippen molar-refractivity contribution >= 4 is 15.9 Å². The van der Waals surface area contributed by atoms with Crippen molar-refractivity contribution < 1.29 is 13.2 Å². The normalized spacial score (nSPS) is 16.8. The molecule has 7 nitrogen and oxygen atoms in total. The molecule has 8 heteroatoms. The van der Waals surface area contributed by atoms with Gasteiger partial charge in [-0.2, -0.15) is 4.31 Å². The molecule has 1 aromatic heterocycles. The zero-order valence-corrected chi connectivity index (χ0v) is 14.9. The highest BCUT2D eigenvalue weighted by Gasteiger charge is 2.30. The Bertz CT molecular complexity index is 850. The van der Waals surface area contributed by atoms with Crippen LogP contribution in [0.15, 0.2) is 41.8 Å². The van der Waals surface area contributed by atoms with Gasteiger partial charge in [0.05, 0.1) is 6.33 Å². The molecule has 1 aromatic carbocycles. The van der Waals surface area contributed by atoms with Crippen LogP contribution in [0.3, 0.4) is 0 Å². The van der Waals surface area contributed by atoms with Crippen molar-refractivity contribution in [2.75, 3.05) is 13.1 Å². The van der Waals surface area contributed by atoms with Crippen LogP contribution < -0.4 is 5.73 Å². The Balaban J connectivity index is 1.59. The van der Waals surface area contributed by atoms with Gasteiger partial charge < -0.3 is 10.3 Å². The number of sulfonamides is 1. The third kappa shape index (κ3) is 3.91. The first-order chi connectivity index (χ1) is 11.9. The zero-order chi connectivity index (χ0) is 18.0. The second kappa shape index (κ2) is 6.97. The van der Waals surface area contributed by atoms with Gasteiger partial charge in [0.25, 0.3) is 10.0 Å². The highest BCUT2D eigenvalue weighted by atomic mass is 32.2. The zero-order valence-electron chi connectivity index (χ0n) is 14.1. The summed E-state index contributed by atoms with van der Waals surface area (Å²) < 4.78 is 28.3. The number of benzene rings is 1. The largest absolute Gasteiger partial charge is 0.366 e. The summed E-state index contributed by atoms with van der Waals surface area (Å²) in [5.41, 5.74) is 6.88. The fourth-order valence-electron chi connectivity index (χ4n) is 3.15. The number of nitrogens with zero attached hydrogens (tertiary/aromatic N) is 3. The van der Waals surface area contributed by atoms with Gasteiger partial charge in [-0.3, -0.25) is 4.79 Å². The van der Waals surface area contributed by atoms with Crippen LogP contribution >= 0.6 is 0 Å². The third-order valence-electron chi connectivity index (χ3n) is 4.62. The lowest BCUT2D eigenvalue weighted by Gasteiger charge is -2.30. The smallest absolute Gasteiger partial charge is 0.262 e. The monoisotopic (exact) mass is 362 g/mol. The Morgan fingerprint density at radius 2 is 1.88 bits per heavy atom. The maximum atomic E-state index is 12.6. The summed E-state index contributed by atoms with van der Waals surface area (Å²) in [4.78, 5) is 15.1. The van der Waals surface area contributed by atoms with E-state index in [0.29, 0.717) is 24.6 Å². The number of nitrogens with two attached hydrogens (primary N) is 1. The predicted octanol–water partition coefficient (Wildman–Crippen LogP) is 1.16. The number of piperidine rings is 1. The van der Waals surface area contributed by atoms with Gasteiger partial charge in [0, 0.05) is 31.9 Å². The highest BCUT2D eigenvalue weighted by molar-refractivity contribution is 7.89. The van der Waals surface area contributed by atoms with E-state index in [1.54, 1.807) is 23.7 Å². The van der Waals surface area contributed by atoms with E-state index >= 15 is 0 Å². The van der Waals surface area contributed by atoms with E-state index in [9.17, 15) is 13.2 Å². The van der Waals surface area contributed by atoms with Crippen LogP contribution in [0.5, 0.6) is 0 Å². The molecule has 2 N–H and O–H groups in total. The molecule has 0 unspecified atom stereocenters.